The van der Waals surface area contributed by atoms with E-state index in [4.69, 9.17) is 4.42 Å². The van der Waals surface area contributed by atoms with Crippen LogP contribution >= 0.6 is 0 Å². The molecule has 31 heavy (non-hydrogen) atoms. The molecule has 0 spiro atoms. The van der Waals surface area contributed by atoms with Crippen LogP contribution in [0, 0.1) is 5.82 Å². The summed E-state index contributed by atoms with van der Waals surface area (Å²) in [5.41, 5.74) is 4.65. The molecule has 2 aromatic heterocycles. The molecule has 0 unspecified atom stereocenters. The van der Waals surface area contributed by atoms with Gasteiger partial charge in [-0.25, -0.2) is 4.39 Å². The van der Waals surface area contributed by atoms with Gasteiger partial charge in [-0.15, -0.1) is 10.2 Å². The first-order valence-electron chi connectivity index (χ1n) is 9.91. The fourth-order valence-corrected chi connectivity index (χ4v) is 3.25. The molecule has 2 aromatic carbocycles. The monoisotopic (exact) mass is 413 g/mol. The maximum absolute atomic E-state index is 13.2. The number of hydrogen-bond donors (Lipinski definition) is 0. The molecule has 0 N–H and O–H groups in total. The molecule has 154 valence electrons. The average Bonchev–Trinajstić information content (AvgIpc) is 3.32. The Hall–Kier alpha value is -3.93. The summed E-state index contributed by atoms with van der Waals surface area (Å²) in [7, 11) is 0. The molecule has 0 aliphatic rings. The van der Waals surface area contributed by atoms with Crippen LogP contribution in [0.3, 0.4) is 0 Å². The number of nitrogens with zero attached hydrogens (tertiary/aromatic N) is 3. The normalized spacial score (nSPS) is 11.1. The minimum atomic E-state index is -0.286. The maximum atomic E-state index is 13.2. The molecule has 0 atom stereocenters. The fourth-order valence-electron chi connectivity index (χ4n) is 3.25. The number of halogens is 1. The van der Waals surface area contributed by atoms with Crippen molar-refractivity contribution in [3.8, 4) is 11.1 Å². The number of pyridine rings is 1. The van der Waals surface area contributed by atoms with Crippen LogP contribution in [0.5, 0.6) is 0 Å². The van der Waals surface area contributed by atoms with Crippen molar-refractivity contribution < 1.29 is 13.6 Å². The van der Waals surface area contributed by atoms with Gasteiger partial charge in [0.05, 0.1) is 0 Å². The van der Waals surface area contributed by atoms with Crippen molar-refractivity contribution in [2.45, 2.75) is 19.3 Å². The Labute approximate surface area is 179 Å². The lowest BCUT2D eigenvalue weighted by Gasteiger charge is -2.06. The van der Waals surface area contributed by atoms with Crippen LogP contribution in [-0.2, 0) is 24.1 Å². The van der Waals surface area contributed by atoms with Crippen LogP contribution in [-0.4, -0.2) is 21.0 Å². The van der Waals surface area contributed by atoms with Gasteiger partial charge in [0, 0.05) is 30.8 Å². The highest BCUT2D eigenvalue weighted by Crippen LogP contribution is 2.24. The second-order valence-corrected chi connectivity index (χ2v) is 7.10. The molecule has 4 aromatic rings. The predicted molar refractivity (Wildman–Crippen MR) is 116 cm³/mol. The van der Waals surface area contributed by atoms with Gasteiger partial charge in [0.1, 0.15) is 5.82 Å². The quantitative estimate of drug-likeness (QED) is 0.385. The molecular formula is C25H20FN3O2. The largest absolute Gasteiger partial charge is 0.428 e. The van der Waals surface area contributed by atoms with Crippen LogP contribution in [0.1, 0.15) is 22.6 Å². The number of carbonyl (C=O) groups is 1. The van der Waals surface area contributed by atoms with Gasteiger partial charge in [0.25, 0.3) is 0 Å². The van der Waals surface area contributed by atoms with E-state index in [0.29, 0.717) is 18.7 Å². The summed E-state index contributed by atoms with van der Waals surface area (Å²) in [6.07, 6.45) is 9.81. The molecule has 0 fully saturated rings. The van der Waals surface area contributed by atoms with E-state index in [1.807, 2.05) is 30.3 Å². The van der Waals surface area contributed by atoms with Gasteiger partial charge in [-0.1, -0.05) is 36.4 Å². The molecule has 0 aliphatic heterocycles. The van der Waals surface area contributed by atoms with E-state index in [0.717, 1.165) is 34.2 Å². The number of benzene rings is 2. The van der Waals surface area contributed by atoms with Crippen LogP contribution in [0.15, 0.2) is 83.9 Å². The van der Waals surface area contributed by atoms with Crippen molar-refractivity contribution in [1.29, 1.82) is 0 Å². The highest BCUT2D eigenvalue weighted by Gasteiger charge is 2.06. The molecular weight excluding hydrogens is 393 g/mol. The van der Waals surface area contributed by atoms with Crippen molar-refractivity contribution in [3.05, 3.63) is 108 Å². The fraction of sp³-hybridized carbons (Fsp3) is 0.120. The van der Waals surface area contributed by atoms with Crippen molar-refractivity contribution in [2.24, 2.45) is 0 Å². The van der Waals surface area contributed by atoms with Crippen LogP contribution < -0.4 is 0 Å². The van der Waals surface area contributed by atoms with Gasteiger partial charge < -0.3 is 4.42 Å². The highest BCUT2D eigenvalue weighted by atomic mass is 19.1. The predicted octanol–water partition coefficient (Wildman–Crippen LogP) is 4.88. The molecule has 0 aliphatic carbocycles. The summed E-state index contributed by atoms with van der Waals surface area (Å²) in [6, 6.07) is 16.1. The number of carbonyl (C=O) groups excluding carboxylic acids is 1. The van der Waals surface area contributed by atoms with E-state index in [2.05, 4.69) is 15.2 Å². The molecule has 0 amide bonds. The number of rotatable bonds is 8. The molecule has 0 bridgehead atoms. The number of ketones is 1. The summed E-state index contributed by atoms with van der Waals surface area (Å²) in [4.78, 5) is 16.6. The van der Waals surface area contributed by atoms with Gasteiger partial charge >= 0.3 is 0 Å². The second-order valence-electron chi connectivity index (χ2n) is 7.10. The van der Waals surface area contributed by atoms with E-state index in [1.54, 1.807) is 36.7 Å². The van der Waals surface area contributed by atoms with Gasteiger partial charge in [-0.05, 0) is 59.0 Å². The van der Waals surface area contributed by atoms with E-state index >= 15 is 0 Å². The number of aromatic nitrogens is 3. The third-order valence-electron chi connectivity index (χ3n) is 4.89. The minimum absolute atomic E-state index is 0.00693. The first-order chi connectivity index (χ1) is 15.2. The standard InChI is InChI=1S/C25H20FN3O2/c26-22-9-6-20(7-10-22)24-13-14-27-16-21(24)8-11-23(30)15-19-3-1-18(2-4-19)5-12-25-29-28-17-31-25/h1-4,6-11,13-14,16-17H,5,12,15H2/b11-8+. The Kier molecular flexibility index (Phi) is 6.38. The molecule has 5 nitrogen and oxygen atoms in total. The van der Waals surface area contributed by atoms with E-state index < -0.39 is 0 Å². The summed E-state index contributed by atoms with van der Waals surface area (Å²) in [5.74, 6) is 0.318. The van der Waals surface area contributed by atoms with Gasteiger partial charge in [0.15, 0.2) is 5.78 Å². The highest BCUT2D eigenvalue weighted by molar-refractivity contribution is 5.96. The Morgan fingerprint density at radius 3 is 2.48 bits per heavy atom. The molecule has 0 saturated heterocycles. The average molecular weight is 413 g/mol. The number of aryl methyl sites for hydroxylation is 2. The van der Waals surface area contributed by atoms with Gasteiger partial charge in [-0.3, -0.25) is 9.78 Å². The lowest BCUT2D eigenvalue weighted by Crippen LogP contribution is -1.99. The van der Waals surface area contributed by atoms with E-state index in [9.17, 15) is 9.18 Å². The second kappa shape index (κ2) is 9.71. The van der Waals surface area contributed by atoms with Gasteiger partial charge in [-0.2, -0.15) is 0 Å². The lowest BCUT2D eigenvalue weighted by atomic mass is 10.0. The SMILES string of the molecule is O=C(/C=C/c1cnccc1-c1ccc(F)cc1)Cc1ccc(CCc2nnco2)cc1. The third kappa shape index (κ3) is 5.57. The Morgan fingerprint density at radius 2 is 1.74 bits per heavy atom. The summed E-state index contributed by atoms with van der Waals surface area (Å²) >= 11 is 0. The lowest BCUT2D eigenvalue weighted by molar-refractivity contribution is -0.113. The molecule has 0 saturated carbocycles. The Balaban J connectivity index is 1.38. The van der Waals surface area contributed by atoms with Crippen molar-refractivity contribution in [2.75, 3.05) is 0 Å². The Morgan fingerprint density at radius 1 is 0.968 bits per heavy atom. The number of hydrogen-bond acceptors (Lipinski definition) is 5. The molecule has 4 rings (SSSR count). The van der Waals surface area contributed by atoms with E-state index in [-0.39, 0.29) is 11.6 Å². The van der Waals surface area contributed by atoms with Crippen LogP contribution in [0.25, 0.3) is 17.2 Å². The zero-order chi connectivity index (χ0) is 21.5. The first-order valence-corrected chi connectivity index (χ1v) is 9.91. The van der Waals surface area contributed by atoms with Crippen molar-refractivity contribution in [1.82, 2.24) is 15.2 Å². The molecule has 6 heteroatoms. The molecule has 0 radical (unpaired) electrons. The van der Waals surface area contributed by atoms with Crippen LogP contribution in [0.2, 0.25) is 0 Å². The van der Waals surface area contributed by atoms with Crippen molar-refractivity contribution in [3.63, 3.8) is 0 Å². The topological polar surface area (TPSA) is 68.9 Å². The molecule has 2 heterocycles. The zero-order valence-electron chi connectivity index (χ0n) is 16.7. The minimum Gasteiger partial charge on any atom is -0.428 e. The van der Waals surface area contributed by atoms with Gasteiger partial charge in [0.2, 0.25) is 12.3 Å². The van der Waals surface area contributed by atoms with Crippen LogP contribution in [0.4, 0.5) is 4.39 Å². The smallest absolute Gasteiger partial charge is 0.216 e. The summed E-state index contributed by atoms with van der Waals surface area (Å²) in [6.45, 7) is 0. The third-order valence-corrected chi connectivity index (χ3v) is 4.89. The van der Waals surface area contributed by atoms with Crippen molar-refractivity contribution >= 4 is 11.9 Å². The first kappa shape index (κ1) is 20.3. The maximum Gasteiger partial charge on any atom is 0.216 e. The summed E-state index contributed by atoms with van der Waals surface area (Å²) in [5, 5.41) is 7.54. The van der Waals surface area contributed by atoms with E-state index in [1.165, 1.54) is 18.5 Å². The zero-order valence-corrected chi connectivity index (χ0v) is 16.7. The number of allylic oxidation sites excluding steroid dienone is 1. The Bertz CT molecular complexity index is 1170. The summed E-state index contributed by atoms with van der Waals surface area (Å²) < 4.78 is 18.4.